The number of aliphatic hydroxyl groups is 1. The third-order valence-corrected chi connectivity index (χ3v) is 3.50. The third-order valence-electron chi connectivity index (χ3n) is 3.50. The second-order valence-corrected chi connectivity index (χ2v) is 6.00. The van der Waals surface area contributed by atoms with E-state index in [1.54, 1.807) is 7.11 Å². The summed E-state index contributed by atoms with van der Waals surface area (Å²) < 4.78 is 5.43. The normalized spacial score (nSPS) is 11.7. The molecule has 0 fully saturated rings. The minimum absolute atomic E-state index is 0.0622. The molecule has 1 rings (SSSR count). The lowest BCUT2D eigenvalue weighted by Gasteiger charge is -2.22. The Bertz CT molecular complexity index is 413. The van der Waals surface area contributed by atoms with Gasteiger partial charge >= 0.3 is 0 Å². The Hall–Kier alpha value is -1.06. The van der Waals surface area contributed by atoms with Gasteiger partial charge in [-0.15, -0.1) is 0 Å². The second kappa shape index (κ2) is 6.92. The molecule has 0 unspecified atom stereocenters. The van der Waals surface area contributed by atoms with Gasteiger partial charge in [-0.25, -0.2) is 0 Å². The Labute approximate surface area is 117 Å². The summed E-state index contributed by atoms with van der Waals surface area (Å²) in [6.07, 6.45) is 0.936. The summed E-state index contributed by atoms with van der Waals surface area (Å²) in [6, 6.07) is 4.30. The summed E-state index contributed by atoms with van der Waals surface area (Å²) in [6.45, 7) is 10.2. The quantitative estimate of drug-likeness (QED) is 0.744. The van der Waals surface area contributed by atoms with Crippen LogP contribution < -0.4 is 10.1 Å². The summed E-state index contributed by atoms with van der Waals surface area (Å²) in [5.74, 6) is 0.964. The van der Waals surface area contributed by atoms with Gasteiger partial charge < -0.3 is 15.2 Å². The van der Waals surface area contributed by atoms with Gasteiger partial charge in [0, 0.05) is 18.6 Å². The molecule has 0 saturated carbocycles. The largest absolute Gasteiger partial charge is 0.496 e. The molecule has 0 bridgehead atoms. The molecule has 3 heteroatoms. The topological polar surface area (TPSA) is 41.5 Å². The van der Waals surface area contributed by atoms with Crippen LogP contribution in [-0.2, 0) is 6.42 Å². The van der Waals surface area contributed by atoms with Gasteiger partial charge in [-0.05, 0) is 49.6 Å². The van der Waals surface area contributed by atoms with E-state index >= 15 is 0 Å². The van der Waals surface area contributed by atoms with Crippen LogP contribution in [-0.4, -0.2) is 31.9 Å². The van der Waals surface area contributed by atoms with Crippen LogP contribution in [0.3, 0.4) is 0 Å². The highest BCUT2D eigenvalue weighted by Crippen LogP contribution is 2.23. The van der Waals surface area contributed by atoms with E-state index in [4.69, 9.17) is 4.74 Å². The van der Waals surface area contributed by atoms with E-state index in [2.05, 4.69) is 45.1 Å². The summed E-state index contributed by atoms with van der Waals surface area (Å²) in [5.41, 5.74) is 3.73. The van der Waals surface area contributed by atoms with Crippen LogP contribution in [0.2, 0.25) is 0 Å². The zero-order valence-electron chi connectivity index (χ0n) is 12.8. The molecule has 0 radical (unpaired) electrons. The standard InChI is InChI=1S/C16H27NO2/c1-12-8-14(15(19-5)9-13(12)2)6-7-17-10-16(3,4)11-18/h8-9,17-18H,6-7,10-11H2,1-5H3. The van der Waals surface area contributed by atoms with E-state index in [1.807, 2.05) is 0 Å². The molecule has 0 aromatic heterocycles. The maximum absolute atomic E-state index is 9.20. The van der Waals surface area contributed by atoms with Crippen molar-refractivity contribution in [1.29, 1.82) is 0 Å². The van der Waals surface area contributed by atoms with E-state index in [-0.39, 0.29) is 12.0 Å². The van der Waals surface area contributed by atoms with Crippen LogP contribution in [0.15, 0.2) is 12.1 Å². The van der Waals surface area contributed by atoms with Gasteiger partial charge in [0.05, 0.1) is 7.11 Å². The molecule has 1 aromatic carbocycles. The number of rotatable bonds is 7. The molecular formula is C16H27NO2. The molecule has 0 saturated heterocycles. The molecule has 0 aliphatic rings. The molecule has 0 aliphatic heterocycles. The highest BCUT2D eigenvalue weighted by molar-refractivity contribution is 5.41. The van der Waals surface area contributed by atoms with E-state index in [0.29, 0.717) is 0 Å². The molecule has 0 amide bonds. The Balaban J connectivity index is 2.56. The Kier molecular flexibility index (Phi) is 5.83. The molecular weight excluding hydrogens is 238 g/mol. The summed E-state index contributed by atoms with van der Waals surface area (Å²) >= 11 is 0. The van der Waals surface area contributed by atoms with Gasteiger partial charge in [0.1, 0.15) is 5.75 Å². The summed E-state index contributed by atoms with van der Waals surface area (Å²) in [5, 5.41) is 12.6. The van der Waals surface area contributed by atoms with Crippen molar-refractivity contribution in [3.63, 3.8) is 0 Å². The van der Waals surface area contributed by atoms with Crippen molar-refractivity contribution in [3.8, 4) is 5.75 Å². The van der Waals surface area contributed by atoms with Crippen molar-refractivity contribution in [2.24, 2.45) is 5.41 Å². The number of aliphatic hydroxyl groups excluding tert-OH is 1. The Morgan fingerprint density at radius 1 is 1.21 bits per heavy atom. The van der Waals surface area contributed by atoms with Crippen LogP contribution in [0.4, 0.5) is 0 Å². The van der Waals surface area contributed by atoms with E-state index in [1.165, 1.54) is 16.7 Å². The first-order chi connectivity index (χ1) is 8.89. The fraction of sp³-hybridized carbons (Fsp3) is 0.625. The number of benzene rings is 1. The summed E-state index contributed by atoms with van der Waals surface area (Å²) in [7, 11) is 1.72. The average Bonchev–Trinajstić information content (AvgIpc) is 2.38. The van der Waals surface area contributed by atoms with Crippen molar-refractivity contribution in [3.05, 3.63) is 28.8 Å². The SMILES string of the molecule is COc1cc(C)c(C)cc1CCNCC(C)(C)CO. The smallest absolute Gasteiger partial charge is 0.122 e. The van der Waals surface area contributed by atoms with Gasteiger partial charge in [0.2, 0.25) is 0 Å². The molecule has 108 valence electrons. The minimum atomic E-state index is -0.0622. The highest BCUT2D eigenvalue weighted by Gasteiger charge is 2.15. The number of ether oxygens (including phenoxy) is 1. The highest BCUT2D eigenvalue weighted by atomic mass is 16.5. The van der Waals surface area contributed by atoms with Crippen LogP contribution in [0.1, 0.15) is 30.5 Å². The van der Waals surface area contributed by atoms with Crippen LogP contribution >= 0.6 is 0 Å². The van der Waals surface area contributed by atoms with E-state index < -0.39 is 0 Å². The molecule has 0 atom stereocenters. The number of aryl methyl sites for hydroxylation is 2. The van der Waals surface area contributed by atoms with Crippen molar-refractivity contribution in [2.75, 3.05) is 26.8 Å². The maximum Gasteiger partial charge on any atom is 0.122 e. The lowest BCUT2D eigenvalue weighted by molar-refractivity contribution is 0.157. The van der Waals surface area contributed by atoms with Crippen molar-refractivity contribution >= 4 is 0 Å². The minimum Gasteiger partial charge on any atom is -0.496 e. The molecule has 3 nitrogen and oxygen atoms in total. The molecule has 0 aliphatic carbocycles. The van der Waals surface area contributed by atoms with Gasteiger partial charge in [-0.2, -0.15) is 0 Å². The number of nitrogens with one attached hydrogen (secondary N) is 1. The predicted octanol–water partition coefficient (Wildman–Crippen LogP) is 2.46. The fourth-order valence-electron chi connectivity index (χ4n) is 1.94. The second-order valence-electron chi connectivity index (χ2n) is 6.00. The Morgan fingerprint density at radius 3 is 2.42 bits per heavy atom. The predicted molar refractivity (Wildman–Crippen MR) is 79.9 cm³/mol. The van der Waals surface area contributed by atoms with Crippen LogP contribution in [0.5, 0.6) is 5.75 Å². The maximum atomic E-state index is 9.20. The van der Waals surface area contributed by atoms with Gasteiger partial charge in [0.25, 0.3) is 0 Å². The molecule has 2 N–H and O–H groups in total. The zero-order chi connectivity index (χ0) is 14.5. The Morgan fingerprint density at radius 2 is 1.84 bits per heavy atom. The van der Waals surface area contributed by atoms with Crippen molar-refractivity contribution in [1.82, 2.24) is 5.32 Å². The first kappa shape index (κ1) is 16.0. The number of methoxy groups -OCH3 is 1. The van der Waals surface area contributed by atoms with Crippen LogP contribution in [0.25, 0.3) is 0 Å². The van der Waals surface area contributed by atoms with Gasteiger partial charge in [-0.1, -0.05) is 19.9 Å². The number of hydrogen-bond donors (Lipinski definition) is 2. The van der Waals surface area contributed by atoms with E-state index in [0.717, 1.165) is 25.3 Å². The lowest BCUT2D eigenvalue weighted by Crippen LogP contribution is -2.33. The van der Waals surface area contributed by atoms with Crippen molar-refractivity contribution < 1.29 is 9.84 Å². The van der Waals surface area contributed by atoms with E-state index in [9.17, 15) is 5.11 Å². The monoisotopic (exact) mass is 265 g/mol. The molecule has 0 heterocycles. The fourth-order valence-corrected chi connectivity index (χ4v) is 1.94. The van der Waals surface area contributed by atoms with Crippen molar-refractivity contribution in [2.45, 2.75) is 34.1 Å². The van der Waals surface area contributed by atoms with Crippen LogP contribution in [0, 0.1) is 19.3 Å². The first-order valence-corrected chi connectivity index (χ1v) is 6.85. The third kappa shape index (κ3) is 4.84. The molecule has 0 spiro atoms. The average molecular weight is 265 g/mol. The first-order valence-electron chi connectivity index (χ1n) is 6.85. The molecule has 1 aromatic rings. The number of hydrogen-bond acceptors (Lipinski definition) is 3. The van der Waals surface area contributed by atoms with Gasteiger partial charge in [-0.3, -0.25) is 0 Å². The molecule has 19 heavy (non-hydrogen) atoms. The zero-order valence-corrected chi connectivity index (χ0v) is 12.8. The van der Waals surface area contributed by atoms with Gasteiger partial charge in [0.15, 0.2) is 0 Å². The summed E-state index contributed by atoms with van der Waals surface area (Å²) in [4.78, 5) is 0. The lowest BCUT2D eigenvalue weighted by atomic mass is 9.95.